The maximum atomic E-state index is 12.6. The summed E-state index contributed by atoms with van der Waals surface area (Å²) < 4.78 is 20.6. The Morgan fingerprint density at radius 2 is 1.81 bits per heavy atom. The quantitative estimate of drug-likeness (QED) is 0.361. The van der Waals surface area contributed by atoms with Crippen molar-refractivity contribution in [2.24, 2.45) is 0 Å². The van der Waals surface area contributed by atoms with Crippen LogP contribution in [0.5, 0.6) is 0 Å². The van der Waals surface area contributed by atoms with E-state index in [0.29, 0.717) is 5.69 Å². The Balaban J connectivity index is 2.32. The van der Waals surface area contributed by atoms with E-state index in [2.05, 4.69) is 4.98 Å². The van der Waals surface area contributed by atoms with Gasteiger partial charge in [0.25, 0.3) is 5.60 Å². The van der Waals surface area contributed by atoms with Crippen molar-refractivity contribution in [3.05, 3.63) is 16.6 Å². The molecule has 144 valence electrons. The molecule has 1 N–H and O–H groups in total. The number of hydrogen-bond donors (Lipinski definition) is 1. The lowest BCUT2D eigenvalue weighted by Gasteiger charge is -2.28. The van der Waals surface area contributed by atoms with Crippen molar-refractivity contribution < 1.29 is 38.4 Å². The maximum absolute atomic E-state index is 12.6. The van der Waals surface area contributed by atoms with Gasteiger partial charge in [0.2, 0.25) is 0 Å². The molecular formula is C16H21NO8S. The van der Waals surface area contributed by atoms with Crippen LogP contribution in [0.2, 0.25) is 0 Å². The van der Waals surface area contributed by atoms with Crippen molar-refractivity contribution in [3.63, 3.8) is 0 Å². The molecule has 1 unspecified atom stereocenters. The molecule has 0 radical (unpaired) electrons. The van der Waals surface area contributed by atoms with Gasteiger partial charge in [-0.1, -0.05) is 0 Å². The van der Waals surface area contributed by atoms with Crippen LogP contribution < -0.4 is 0 Å². The van der Waals surface area contributed by atoms with Crippen molar-refractivity contribution in [2.75, 3.05) is 13.2 Å². The van der Waals surface area contributed by atoms with Crippen molar-refractivity contribution in [1.82, 2.24) is 4.98 Å². The zero-order valence-corrected chi connectivity index (χ0v) is 15.5. The predicted octanol–water partition coefficient (Wildman–Crippen LogP) is 0.242. The first kappa shape index (κ1) is 20.3. The Labute approximate surface area is 154 Å². The number of hydrogen-bond acceptors (Lipinski definition) is 10. The number of carbonyl (C=O) groups excluding carboxylic acids is 3. The Morgan fingerprint density at radius 1 is 1.19 bits per heavy atom. The first-order chi connectivity index (χ1) is 12.4. The van der Waals surface area contributed by atoms with E-state index in [4.69, 9.17) is 18.9 Å². The van der Waals surface area contributed by atoms with Crippen LogP contribution in [0, 0.1) is 0 Å². The van der Waals surface area contributed by atoms with E-state index in [1.807, 2.05) is 0 Å². The van der Waals surface area contributed by atoms with E-state index in [-0.39, 0.29) is 19.6 Å². The summed E-state index contributed by atoms with van der Waals surface area (Å²) in [6.07, 6.45) is -3.40. The highest BCUT2D eigenvalue weighted by atomic mass is 32.1. The molecule has 0 spiro atoms. The summed E-state index contributed by atoms with van der Waals surface area (Å²) in [5.74, 6) is -2.52. The van der Waals surface area contributed by atoms with Crippen LogP contribution in [0.25, 0.3) is 0 Å². The van der Waals surface area contributed by atoms with Gasteiger partial charge in [0.05, 0.1) is 24.4 Å². The van der Waals surface area contributed by atoms with Crippen LogP contribution in [0.3, 0.4) is 0 Å². The van der Waals surface area contributed by atoms with Gasteiger partial charge in [0.15, 0.2) is 6.10 Å². The molecule has 3 atom stereocenters. The molecule has 1 heterocycles. The molecule has 0 bridgehead atoms. The van der Waals surface area contributed by atoms with Crippen molar-refractivity contribution >= 4 is 29.2 Å². The summed E-state index contributed by atoms with van der Waals surface area (Å²) in [5, 5.41) is 11.6. The van der Waals surface area contributed by atoms with E-state index in [1.165, 1.54) is 18.3 Å². The molecule has 0 aliphatic heterocycles. The van der Waals surface area contributed by atoms with E-state index in [9.17, 15) is 19.5 Å². The second kappa shape index (κ2) is 8.56. The Morgan fingerprint density at radius 3 is 2.27 bits per heavy atom. The molecule has 1 saturated carbocycles. The van der Waals surface area contributed by atoms with E-state index in [1.54, 1.807) is 24.7 Å². The van der Waals surface area contributed by atoms with Crippen LogP contribution in [0.4, 0.5) is 0 Å². The third kappa shape index (κ3) is 4.37. The monoisotopic (exact) mass is 387 g/mol. The molecule has 0 aromatic carbocycles. The summed E-state index contributed by atoms with van der Waals surface area (Å²) in [5.41, 5.74) is -0.180. The smallest absolute Gasteiger partial charge is 0.350 e. The zero-order valence-electron chi connectivity index (χ0n) is 14.7. The van der Waals surface area contributed by atoms with E-state index in [0.717, 1.165) is 0 Å². The predicted molar refractivity (Wildman–Crippen MR) is 88.2 cm³/mol. The lowest BCUT2D eigenvalue weighted by molar-refractivity contribution is -0.195. The molecule has 10 heteroatoms. The van der Waals surface area contributed by atoms with Crippen molar-refractivity contribution in [1.29, 1.82) is 0 Å². The molecule has 2 rings (SSSR count). The molecular weight excluding hydrogens is 366 g/mol. The summed E-state index contributed by atoms with van der Waals surface area (Å²) in [4.78, 5) is 40.5. The summed E-state index contributed by atoms with van der Waals surface area (Å²) >= 11 is 1.28. The maximum Gasteiger partial charge on any atom is 0.350 e. The zero-order chi connectivity index (χ0) is 19.3. The van der Waals surface area contributed by atoms with Gasteiger partial charge in [-0.2, -0.15) is 0 Å². The van der Waals surface area contributed by atoms with Crippen molar-refractivity contribution in [3.8, 4) is 0 Å². The van der Waals surface area contributed by atoms with Crippen LogP contribution in [0.15, 0.2) is 10.9 Å². The molecule has 0 saturated heterocycles. The number of nitrogens with zero attached hydrogens (tertiary/aromatic N) is 1. The summed E-state index contributed by atoms with van der Waals surface area (Å²) in [7, 11) is 0. The highest BCUT2D eigenvalue weighted by molar-refractivity contribution is 7.07. The number of rotatable bonds is 9. The third-order valence-corrected chi connectivity index (χ3v) is 4.25. The molecule has 9 nitrogen and oxygen atoms in total. The summed E-state index contributed by atoms with van der Waals surface area (Å²) in [6.45, 7) is 4.39. The molecule has 26 heavy (non-hydrogen) atoms. The topological polar surface area (TPSA) is 121 Å². The number of carbonyl (C=O) groups is 3. The second-order valence-corrected chi connectivity index (χ2v) is 6.29. The van der Waals surface area contributed by atoms with E-state index < -0.39 is 41.8 Å². The average molecular weight is 387 g/mol. The normalized spacial score (nSPS) is 21.8. The fourth-order valence-electron chi connectivity index (χ4n) is 2.38. The number of aromatic nitrogens is 1. The number of thiazole rings is 1. The minimum Gasteiger partial charge on any atom is -0.463 e. The van der Waals surface area contributed by atoms with Gasteiger partial charge in [-0.15, -0.1) is 11.3 Å². The van der Waals surface area contributed by atoms with Crippen LogP contribution in [-0.2, 0) is 39.8 Å². The van der Waals surface area contributed by atoms with Gasteiger partial charge in [0, 0.05) is 18.7 Å². The first-order valence-corrected chi connectivity index (χ1v) is 9.04. The number of esters is 3. The van der Waals surface area contributed by atoms with Crippen LogP contribution in [-0.4, -0.2) is 65.1 Å². The Hall–Kier alpha value is -2.04. The Kier molecular flexibility index (Phi) is 6.68. The van der Waals surface area contributed by atoms with Gasteiger partial charge in [-0.25, -0.2) is 14.6 Å². The molecule has 0 amide bonds. The lowest BCUT2D eigenvalue weighted by atomic mass is 9.97. The molecule has 1 aromatic heterocycles. The van der Waals surface area contributed by atoms with Gasteiger partial charge in [-0.3, -0.25) is 4.79 Å². The van der Waals surface area contributed by atoms with Gasteiger partial charge in [-0.05, 0) is 13.8 Å². The first-order valence-electron chi connectivity index (χ1n) is 8.10. The largest absolute Gasteiger partial charge is 0.463 e. The number of aliphatic hydroxyl groups is 1. The summed E-state index contributed by atoms with van der Waals surface area (Å²) in [6, 6.07) is 0. The SMILES string of the molecule is CCOC(=O)C(Cc1cscn1)(OC1[C@@H](O)[C@@H]1OC(C)=O)C(=O)OCC. The highest BCUT2D eigenvalue weighted by Crippen LogP contribution is 2.36. The number of aliphatic hydroxyl groups excluding tert-OH is 1. The molecule has 1 aliphatic rings. The minimum absolute atomic E-state index is 0.0149. The highest BCUT2D eigenvalue weighted by Gasteiger charge is 2.62. The van der Waals surface area contributed by atoms with Gasteiger partial charge >= 0.3 is 17.9 Å². The molecule has 1 fully saturated rings. The van der Waals surface area contributed by atoms with Crippen LogP contribution >= 0.6 is 11.3 Å². The van der Waals surface area contributed by atoms with Gasteiger partial charge < -0.3 is 24.1 Å². The lowest BCUT2D eigenvalue weighted by Crippen LogP contribution is -2.54. The molecule has 1 aliphatic carbocycles. The standard InChI is InChI=1S/C16H21NO8S/c1-4-22-14(20)16(15(21)23-5-2,6-10-7-26-8-17-10)25-13-11(19)12(13)24-9(3)18/h7-8,11-13,19H,4-6H2,1-3H3/t11-,12-,13?/m0/s1. The third-order valence-electron chi connectivity index (χ3n) is 3.62. The minimum atomic E-state index is -2.15. The fraction of sp³-hybridized carbons (Fsp3) is 0.625. The van der Waals surface area contributed by atoms with E-state index >= 15 is 0 Å². The van der Waals surface area contributed by atoms with Gasteiger partial charge in [0.1, 0.15) is 12.2 Å². The average Bonchev–Trinajstić information content (AvgIpc) is 2.98. The fourth-order valence-corrected chi connectivity index (χ4v) is 2.94. The second-order valence-electron chi connectivity index (χ2n) is 5.57. The molecule has 1 aromatic rings. The Bertz CT molecular complexity index is 629. The van der Waals surface area contributed by atoms with Crippen LogP contribution in [0.1, 0.15) is 26.5 Å². The van der Waals surface area contributed by atoms with Crippen molar-refractivity contribution in [2.45, 2.75) is 51.1 Å². The number of ether oxygens (including phenoxy) is 4.